The van der Waals surface area contributed by atoms with Gasteiger partial charge in [-0.2, -0.15) is 9.50 Å². The van der Waals surface area contributed by atoms with E-state index >= 15 is 0 Å². The molecule has 0 spiro atoms. The molecule has 0 aliphatic heterocycles. The van der Waals surface area contributed by atoms with E-state index in [9.17, 15) is 9.59 Å². The van der Waals surface area contributed by atoms with Crippen molar-refractivity contribution >= 4 is 11.7 Å². The van der Waals surface area contributed by atoms with E-state index in [2.05, 4.69) is 15.1 Å². The summed E-state index contributed by atoms with van der Waals surface area (Å²) >= 11 is 0. The van der Waals surface area contributed by atoms with Crippen LogP contribution in [-0.2, 0) is 28.9 Å². The third-order valence-electron chi connectivity index (χ3n) is 4.37. The zero-order valence-electron chi connectivity index (χ0n) is 15.8. The zero-order valence-corrected chi connectivity index (χ0v) is 15.8. The second-order valence-electron chi connectivity index (χ2n) is 6.35. The van der Waals surface area contributed by atoms with Crippen molar-refractivity contribution in [3.63, 3.8) is 0 Å². The number of nitrogens with zero attached hydrogens (tertiary/aromatic N) is 5. The normalized spacial score (nSPS) is 11.1. The summed E-state index contributed by atoms with van der Waals surface area (Å²) in [6, 6.07) is 9.96. The number of carbonyl (C=O) groups is 1. The Balaban J connectivity index is 1.76. The molecule has 0 saturated carbocycles. The highest BCUT2D eigenvalue weighted by Crippen LogP contribution is 2.14. The molecule has 29 heavy (non-hydrogen) atoms. The van der Waals surface area contributed by atoms with Gasteiger partial charge in [-0.05, 0) is 18.9 Å². The molecule has 0 unspecified atom stereocenters. The molecule has 9 nitrogen and oxygen atoms in total. The lowest BCUT2D eigenvalue weighted by atomic mass is 10.1. The molecule has 0 aliphatic rings. The summed E-state index contributed by atoms with van der Waals surface area (Å²) in [7, 11) is 0. The summed E-state index contributed by atoms with van der Waals surface area (Å²) in [5.41, 5.74) is 1.01. The predicted molar refractivity (Wildman–Crippen MR) is 103 cm³/mol. The maximum absolute atomic E-state index is 12.9. The van der Waals surface area contributed by atoms with Gasteiger partial charge in [-0.3, -0.25) is 9.59 Å². The van der Waals surface area contributed by atoms with Gasteiger partial charge in [-0.15, -0.1) is 5.10 Å². The number of rotatable bonds is 7. The van der Waals surface area contributed by atoms with Crippen molar-refractivity contribution in [1.29, 1.82) is 0 Å². The monoisotopic (exact) mass is 393 g/mol. The molecule has 0 radical (unpaired) electrons. The Hall–Kier alpha value is -3.75. The molecule has 0 bridgehead atoms. The average Bonchev–Trinajstić information content (AvgIpc) is 3.40. The van der Waals surface area contributed by atoms with Gasteiger partial charge in [0.1, 0.15) is 6.26 Å². The van der Waals surface area contributed by atoms with E-state index in [1.165, 1.54) is 17.0 Å². The van der Waals surface area contributed by atoms with E-state index in [1.807, 2.05) is 34.9 Å². The van der Waals surface area contributed by atoms with Crippen molar-refractivity contribution in [2.45, 2.75) is 26.3 Å². The third-order valence-corrected chi connectivity index (χ3v) is 4.37. The Bertz CT molecular complexity index is 1180. The highest BCUT2D eigenvalue weighted by Gasteiger charge is 2.18. The molecule has 0 aliphatic carbocycles. The van der Waals surface area contributed by atoms with Gasteiger partial charge in [-0.1, -0.05) is 30.3 Å². The molecule has 0 N–H and O–H groups in total. The molecule has 148 valence electrons. The first-order valence-electron chi connectivity index (χ1n) is 9.24. The second-order valence-corrected chi connectivity index (χ2v) is 6.35. The van der Waals surface area contributed by atoms with E-state index < -0.39 is 11.5 Å². The molecule has 0 fully saturated rings. The molecule has 3 heterocycles. The van der Waals surface area contributed by atoms with Crippen molar-refractivity contribution < 1.29 is 13.9 Å². The molecular formula is C20H19N5O4. The van der Waals surface area contributed by atoms with Crippen LogP contribution in [0.25, 0.3) is 17.5 Å². The van der Waals surface area contributed by atoms with Crippen LogP contribution in [0.5, 0.6) is 0 Å². The minimum atomic E-state index is -0.466. The Morgan fingerprint density at radius 3 is 2.79 bits per heavy atom. The van der Waals surface area contributed by atoms with Crippen molar-refractivity contribution in [3.8, 4) is 11.7 Å². The van der Waals surface area contributed by atoms with Gasteiger partial charge < -0.3 is 13.7 Å². The Kier molecular flexibility index (Phi) is 5.19. The largest absolute Gasteiger partial charge is 0.466 e. The number of carbonyl (C=O) groups excluding carboxylic acids is 1. The summed E-state index contributed by atoms with van der Waals surface area (Å²) < 4.78 is 13.2. The predicted octanol–water partition coefficient (Wildman–Crippen LogP) is 1.89. The van der Waals surface area contributed by atoms with Crippen LogP contribution in [0.4, 0.5) is 0 Å². The lowest BCUT2D eigenvalue weighted by Gasteiger charge is -2.10. The molecule has 9 heteroatoms. The summed E-state index contributed by atoms with van der Waals surface area (Å²) in [4.78, 5) is 33.3. The van der Waals surface area contributed by atoms with E-state index in [-0.39, 0.29) is 30.3 Å². The molecule has 1 aromatic carbocycles. The molecule has 0 saturated heterocycles. The SMILES string of the molecule is CCOC(=O)Cc1cn(CCc2ccccc2)c2nc(-c3ncco3)nn2c1=O. The average molecular weight is 393 g/mol. The smallest absolute Gasteiger partial charge is 0.310 e. The number of oxazole rings is 1. The number of aryl methyl sites for hydroxylation is 2. The number of esters is 1. The fourth-order valence-corrected chi connectivity index (χ4v) is 3.04. The topological polar surface area (TPSA) is 105 Å². The fraction of sp³-hybridized carbons (Fsp3) is 0.250. The quantitative estimate of drug-likeness (QED) is 0.442. The lowest BCUT2D eigenvalue weighted by Crippen LogP contribution is -2.26. The summed E-state index contributed by atoms with van der Waals surface area (Å²) in [5.74, 6) is 0.307. The van der Waals surface area contributed by atoms with E-state index in [0.29, 0.717) is 12.3 Å². The second kappa shape index (κ2) is 8.09. The lowest BCUT2D eigenvalue weighted by molar-refractivity contribution is -0.142. The van der Waals surface area contributed by atoms with Crippen LogP contribution < -0.4 is 5.56 Å². The fourth-order valence-electron chi connectivity index (χ4n) is 3.04. The first kappa shape index (κ1) is 18.6. The Morgan fingerprint density at radius 2 is 2.07 bits per heavy atom. The van der Waals surface area contributed by atoms with Crippen LogP contribution in [-0.4, -0.2) is 36.7 Å². The molecule has 3 aromatic heterocycles. The highest BCUT2D eigenvalue weighted by molar-refractivity contribution is 5.72. The number of aromatic nitrogens is 5. The number of hydrogen-bond donors (Lipinski definition) is 0. The number of fused-ring (bicyclic) bond motifs is 1. The van der Waals surface area contributed by atoms with Gasteiger partial charge in [0, 0.05) is 18.3 Å². The van der Waals surface area contributed by atoms with E-state index in [0.717, 1.165) is 12.0 Å². The minimum Gasteiger partial charge on any atom is -0.466 e. The van der Waals surface area contributed by atoms with Crippen molar-refractivity contribution in [3.05, 3.63) is 70.5 Å². The minimum absolute atomic E-state index is 0.137. The van der Waals surface area contributed by atoms with Crippen LogP contribution in [0, 0.1) is 0 Å². The molecular weight excluding hydrogens is 374 g/mol. The van der Waals surface area contributed by atoms with Gasteiger partial charge in [0.25, 0.3) is 11.4 Å². The molecule has 4 rings (SSSR count). The van der Waals surface area contributed by atoms with Crippen LogP contribution >= 0.6 is 0 Å². The number of hydrogen-bond acceptors (Lipinski definition) is 7. The summed E-state index contributed by atoms with van der Waals surface area (Å²) in [6.07, 6.45) is 5.12. The van der Waals surface area contributed by atoms with Gasteiger partial charge in [-0.25, -0.2) is 4.98 Å². The summed E-state index contributed by atoms with van der Waals surface area (Å²) in [6.45, 7) is 2.52. The van der Waals surface area contributed by atoms with Gasteiger partial charge in [0.2, 0.25) is 11.6 Å². The molecule has 0 atom stereocenters. The maximum atomic E-state index is 12.9. The molecule has 0 amide bonds. The van der Waals surface area contributed by atoms with Crippen molar-refractivity contribution in [1.82, 2.24) is 24.1 Å². The Morgan fingerprint density at radius 1 is 1.24 bits per heavy atom. The van der Waals surface area contributed by atoms with Crippen molar-refractivity contribution in [2.24, 2.45) is 0 Å². The van der Waals surface area contributed by atoms with Crippen LogP contribution in [0.15, 0.2) is 58.2 Å². The van der Waals surface area contributed by atoms with Gasteiger partial charge in [0.05, 0.1) is 19.2 Å². The van der Waals surface area contributed by atoms with Crippen LogP contribution in [0.3, 0.4) is 0 Å². The number of ether oxygens (including phenoxy) is 1. The maximum Gasteiger partial charge on any atom is 0.310 e. The summed E-state index contributed by atoms with van der Waals surface area (Å²) in [5, 5.41) is 4.25. The standard InChI is InChI=1S/C20H19N5O4/c1-2-28-16(26)12-15-13-24(10-8-14-6-4-3-5-7-14)20-22-17(18-21-9-11-29-18)23-25(20)19(15)27/h3-7,9,11,13H,2,8,10,12H2,1H3. The van der Waals surface area contributed by atoms with E-state index in [1.54, 1.807) is 13.1 Å². The first-order valence-corrected chi connectivity index (χ1v) is 9.24. The third kappa shape index (κ3) is 3.93. The zero-order chi connectivity index (χ0) is 20.2. The van der Waals surface area contributed by atoms with Crippen LogP contribution in [0.1, 0.15) is 18.1 Å². The number of benzene rings is 1. The van der Waals surface area contributed by atoms with Gasteiger partial charge >= 0.3 is 5.97 Å². The Labute approximate surface area is 165 Å². The highest BCUT2D eigenvalue weighted by atomic mass is 16.5. The van der Waals surface area contributed by atoms with Crippen LogP contribution in [0.2, 0.25) is 0 Å². The first-order chi connectivity index (χ1) is 14.2. The van der Waals surface area contributed by atoms with Crippen molar-refractivity contribution in [2.75, 3.05) is 6.61 Å². The van der Waals surface area contributed by atoms with Gasteiger partial charge in [0.15, 0.2) is 0 Å². The molecule has 4 aromatic rings. The van der Waals surface area contributed by atoms with E-state index in [4.69, 9.17) is 9.15 Å².